The van der Waals surface area contributed by atoms with Crippen molar-refractivity contribution >= 4 is 45.9 Å². The molecule has 0 heterocycles. The van der Waals surface area contributed by atoms with Crippen molar-refractivity contribution in [2.75, 3.05) is 21.3 Å². The highest BCUT2D eigenvalue weighted by Crippen LogP contribution is 2.27. The zero-order chi connectivity index (χ0) is 18.2. The topological polar surface area (TPSA) is 54.9 Å². The molecule has 0 aromatic heterocycles. The Kier molecular flexibility index (Phi) is 9.71. The van der Waals surface area contributed by atoms with Crippen LogP contribution in [-0.2, 0) is 13.1 Å². The van der Waals surface area contributed by atoms with Crippen molar-refractivity contribution in [3.63, 3.8) is 0 Å². The number of nitrogens with zero attached hydrogens (tertiary/aromatic N) is 1. The lowest BCUT2D eigenvalue weighted by atomic mass is 10.2. The molecule has 0 unspecified atom stereocenters. The van der Waals surface area contributed by atoms with Gasteiger partial charge in [-0.2, -0.15) is 0 Å². The highest BCUT2D eigenvalue weighted by molar-refractivity contribution is 14.0. The van der Waals surface area contributed by atoms with E-state index in [-0.39, 0.29) is 29.8 Å². The summed E-state index contributed by atoms with van der Waals surface area (Å²) in [5.74, 6) is 1.70. The second kappa shape index (κ2) is 11.2. The molecule has 142 valence electrons. The van der Waals surface area contributed by atoms with E-state index >= 15 is 0 Å². The van der Waals surface area contributed by atoms with Crippen molar-refractivity contribution in [1.82, 2.24) is 10.6 Å². The van der Waals surface area contributed by atoms with Crippen LogP contribution in [0.1, 0.15) is 11.1 Å². The van der Waals surface area contributed by atoms with Gasteiger partial charge >= 0.3 is 0 Å². The first-order valence-electron chi connectivity index (χ1n) is 7.66. The van der Waals surface area contributed by atoms with Crippen LogP contribution in [0, 0.1) is 5.82 Å². The largest absolute Gasteiger partial charge is 0.493 e. The lowest BCUT2D eigenvalue weighted by molar-refractivity contribution is 0.354. The highest BCUT2D eigenvalue weighted by Gasteiger charge is 2.06. The lowest BCUT2D eigenvalue weighted by Crippen LogP contribution is -2.36. The summed E-state index contributed by atoms with van der Waals surface area (Å²) < 4.78 is 24.6. The molecule has 0 spiro atoms. The zero-order valence-electron chi connectivity index (χ0n) is 14.8. The minimum atomic E-state index is -0.278. The minimum Gasteiger partial charge on any atom is -0.493 e. The van der Waals surface area contributed by atoms with E-state index in [2.05, 4.69) is 31.6 Å². The lowest BCUT2D eigenvalue weighted by Gasteiger charge is -2.14. The fourth-order valence-corrected chi connectivity index (χ4v) is 2.81. The Bertz CT molecular complexity index is 739. The van der Waals surface area contributed by atoms with Gasteiger partial charge in [-0.1, -0.05) is 22.0 Å². The maximum atomic E-state index is 13.4. The molecular weight excluding hydrogens is 516 g/mol. The third-order valence-electron chi connectivity index (χ3n) is 3.51. The highest BCUT2D eigenvalue weighted by atomic mass is 127. The van der Waals surface area contributed by atoms with Crippen LogP contribution in [0.3, 0.4) is 0 Å². The number of halogens is 3. The summed E-state index contributed by atoms with van der Waals surface area (Å²) in [7, 11) is 4.89. The molecule has 2 N–H and O–H groups in total. The van der Waals surface area contributed by atoms with Crippen LogP contribution in [-0.4, -0.2) is 27.2 Å². The molecule has 0 aliphatic carbocycles. The summed E-state index contributed by atoms with van der Waals surface area (Å²) in [5.41, 5.74) is 1.84. The van der Waals surface area contributed by atoms with Gasteiger partial charge in [-0.25, -0.2) is 4.39 Å². The Labute approximate surface area is 178 Å². The van der Waals surface area contributed by atoms with Crippen LogP contribution < -0.4 is 20.1 Å². The van der Waals surface area contributed by atoms with E-state index in [0.29, 0.717) is 35.0 Å². The van der Waals surface area contributed by atoms with Crippen LogP contribution in [0.15, 0.2) is 45.9 Å². The quantitative estimate of drug-likeness (QED) is 0.331. The number of ether oxygens (including phenoxy) is 2. The molecule has 0 radical (unpaired) electrons. The second-order valence-corrected chi connectivity index (χ2v) is 6.16. The summed E-state index contributed by atoms with van der Waals surface area (Å²) in [6.45, 7) is 1.02. The number of hydrogen-bond donors (Lipinski definition) is 2. The van der Waals surface area contributed by atoms with Crippen molar-refractivity contribution in [3.05, 3.63) is 57.8 Å². The molecule has 0 aliphatic heterocycles. The van der Waals surface area contributed by atoms with E-state index in [4.69, 9.17) is 9.47 Å². The molecular formula is C18H22BrFIN3O2. The Morgan fingerprint density at radius 1 is 1.00 bits per heavy atom. The molecule has 5 nitrogen and oxygen atoms in total. The number of methoxy groups -OCH3 is 2. The SMILES string of the molecule is CN=C(NCc1cc(F)cc(Br)c1)NCc1ccc(OC)c(OC)c1.I. The molecule has 0 bridgehead atoms. The first kappa shape index (κ1) is 22.5. The third kappa shape index (κ3) is 6.64. The predicted octanol–water partition coefficient (Wildman–Crippen LogP) is 4.09. The molecule has 2 aromatic rings. The summed E-state index contributed by atoms with van der Waals surface area (Å²) >= 11 is 3.29. The van der Waals surface area contributed by atoms with Gasteiger partial charge in [-0.05, 0) is 41.5 Å². The van der Waals surface area contributed by atoms with Gasteiger partial charge < -0.3 is 20.1 Å². The maximum absolute atomic E-state index is 13.4. The number of hydrogen-bond acceptors (Lipinski definition) is 3. The normalized spacial score (nSPS) is 10.7. The van der Waals surface area contributed by atoms with Gasteiger partial charge in [-0.3, -0.25) is 4.99 Å². The van der Waals surface area contributed by atoms with Crippen LogP contribution in [0.2, 0.25) is 0 Å². The van der Waals surface area contributed by atoms with E-state index in [9.17, 15) is 4.39 Å². The van der Waals surface area contributed by atoms with Gasteiger partial charge in [-0.15, -0.1) is 24.0 Å². The number of aliphatic imine (C=N–C) groups is 1. The number of guanidine groups is 1. The molecule has 0 saturated heterocycles. The average Bonchev–Trinajstić information content (AvgIpc) is 2.60. The summed E-state index contributed by atoms with van der Waals surface area (Å²) in [5, 5.41) is 6.37. The Morgan fingerprint density at radius 3 is 2.23 bits per heavy atom. The van der Waals surface area contributed by atoms with Gasteiger partial charge in [0.05, 0.1) is 14.2 Å². The Morgan fingerprint density at radius 2 is 1.65 bits per heavy atom. The zero-order valence-corrected chi connectivity index (χ0v) is 18.7. The maximum Gasteiger partial charge on any atom is 0.191 e. The van der Waals surface area contributed by atoms with E-state index in [1.54, 1.807) is 21.3 Å². The van der Waals surface area contributed by atoms with Gasteiger partial charge in [0.15, 0.2) is 17.5 Å². The molecule has 0 amide bonds. The first-order chi connectivity index (χ1) is 12.0. The van der Waals surface area contributed by atoms with Crippen LogP contribution >= 0.6 is 39.9 Å². The van der Waals surface area contributed by atoms with Crippen molar-refractivity contribution in [2.24, 2.45) is 4.99 Å². The van der Waals surface area contributed by atoms with Crippen LogP contribution in [0.25, 0.3) is 0 Å². The van der Waals surface area contributed by atoms with E-state index in [1.807, 2.05) is 24.3 Å². The van der Waals surface area contributed by atoms with E-state index in [0.717, 1.165) is 11.1 Å². The van der Waals surface area contributed by atoms with E-state index < -0.39 is 0 Å². The fraction of sp³-hybridized carbons (Fsp3) is 0.278. The molecule has 2 rings (SSSR count). The molecule has 8 heteroatoms. The number of benzene rings is 2. The second-order valence-electron chi connectivity index (χ2n) is 5.25. The first-order valence-corrected chi connectivity index (χ1v) is 8.45. The molecule has 2 aromatic carbocycles. The fourth-order valence-electron chi connectivity index (χ4n) is 2.30. The van der Waals surface area contributed by atoms with Crippen LogP contribution in [0.5, 0.6) is 11.5 Å². The smallest absolute Gasteiger partial charge is 0.191 e. The monoisotopic (exact) mass is 537 g/mol. The third-order valence-corrected chi connectivity index (χ3v) is 3.97. The molecule has 0 aliphatic rings. The number of nitrogens with one attached hydrogen (secondary N) is 2. The van der Waals surface area contributed by atoms with Gasteiger partial charge in [0.1, 0.15) is 5.82 Å². The standard InChI is InChI=1S/C18H21BrFN3O2.HI/c1-21-18(23-11-13-6-14(19)9-15(20)7-13)22-10-12-4-5-16(24-2)17(8-12)25-3;/h4-9H,10-11H2,1-3H3,(H2,21,22,23);1H. The molecule has 0 saturated carbocycles. The molecule has 0 fully saturated rings. The molecule has 0 atom stereocenters. The Balaban J connectivity index is 0.00000338. The van der Waals surface area contributed by atoms with Gasteiger partial charge in [0.2, 0.25) is 0 Å². The predicted molar refractivity (Wildman–Crippen MR) is 116 cm³/mol. The van der Waals surface area contributed by atoms with E-state index in [1.165, 1.54) is 12.1 Å². The summed E-state index contributed by atoms with van der Waals surface area (Å²) in [4.78, 5) is 4.17. The van der Waals surface area contributed by atoms with Crippen molar-refractivity contribution < 1.29 is 13.9 Å². The number of rotatable bonds is 6. The average molecular weight is 538 g/mol. The molecule has 26 heavy (non-hydrogen) atoms. The van der Waals surface area contributed by atoms with Crippen molar-refractivity contribution in [3.8, 4) is 11.5 Å². The summed E-state index contributed by atoms with van der Waals surface area (Å²) in [6.07, 6.45) is 0. The van der Waals surface area contributed by atoms with Crippen molar-refractivity contribution in [1.29, 1.82) is 0 Å². The minimum absolute atomic E-state index is 0. The van der Waals surface area contributed by atoms with Crippen LogP contribution in [0.4, 0.5) is 4.39 Å². The van der Waals surface area contributed by atoms with Gasteiger partial charge in [0, 0.05) is 24.6 Å². The van der Waals surface area contributed by atoms with Gasteiger partial charge in [0.25, 0.3) is 0 Å². The summed E-state index contributed by atoms with van der Waals surface area (Å²) in [6, 6.07) is 10.5. The Hall–Kier alpha value is -1.55. The van der Waals surface area contributed by atoms with Crippen molar-refractivity contribution in [2.45, 2.75) is 13.1 Å².